The van der Waals surface area contributed by atoms with Gasteiger partial charge in [0.1, 0.15) is 10.6 Å². The Hall–Kier alpha value is -2.34. The van der Waals surface area contributed by atoms with Crippen molar-refractivity contribution in [1.82, 2.24) is 4.57 Å². The number of pyridine rings is 1. The number of carboxylic acids is 1. The van der Waals surface area contributed by atoms with Crippen LogP contribution in [0.15, 0.2) is 29.1 Å². The molecule has 0 saturated heterocycles. The summed E-state index contributed by atoms with van der Waals surface area (Å²) in [5, 5.41) is 10.4. The van der Waals surface area contributed by atoms with E-state index in [1.807, 2.05) is 6.07 Å². The molecular formula is C14H11NO4S. The van der Waals surface area contributed by atoms with E-state index in [-0.39, 0.29) is 10.4 Å². The van der Waals surface area contributed by atoms with Gasteiger partial charge in [-0.15, -0.1) is 11.3 Å². The highest BCUT2D eigenvalue weighted by atomic mass is 32.1. The molecule has 2 heterocycles. The van der Waals surface area contributed by atoms with E-state index in [4.69, 9.17) is 9.84 Å². The minimum absolute atomic E-state index is 0.167. The Kier molecular flexibility index (Phi) is 2.76. The van der Waals surface area contributed by atoms with Crippen molar-refractivity contribution in [2.45, 2.75) is 0 Å². The maximum absolute atomic E-state index is 12.3. The summed E-state index contributed by atoms with van der Waals surface area (Å²) in [6.07, 6.45) is 0. The number of thiophene rings is 1. The van der Waals surface area contributed by atoms with Crippen LogP contribution in [-0.4, -0.2) is 22.8 Å². The lowest BCUT2D eigenvalue weighted by atomic mass is 10.1. The lowest BCUT2D eigenvalue weighted by Crippen LogP contribution is -2.16. The summed E-state index contributed by atoms with van der Waals surface area (Å²) in [6, 6.07) is 6.86. The van der Waals surface area contributed by atoms with Crippen LogP contribution < -0.4 is 10.3 Å². The van der Waals surface area contributed by atoms with Crippen LogP contribution >= 0.6 is 11.3 Å². The predicted octanol–water partition coefficient (Wildman–Crippen LogP) is 2.46. The quantitative estimate of drug-likeness (QED) is 0.787. The molecule has 3 aromatic rings. The van der Waals surface area contributed by atoms with Gasteiger partial charge < -0.3 is 14.4 Å². The van der Waals surface area contributed by atoms with E-state index in [1.54, 1.807) is 26.3 Å². The summed E-state index contributed by atoms with van der Waals surface area (Å²) in [5.74, 6) is -0.364. The molecule has 5 nitrogen and oxygen atoms in total. The fourth-order valence-electron chi connectivity index (χ4n) is 2.25. The highest BCUT2D eigenvalue weighted by molar-refractivity contribution is 7.21. The third-order valence-corrected chi connectivity index (χ3v) is 4.45. The van der Waals surface area contributed by atoms with Gasteiger partial charge in [0.2, 0.25) is 0 Å². The molecule has 1 aromatic carbocycles. The maximum Gasteiger partial charge on any atom is 0.345 e. The molecule has 0 unspecified atom stereocenters. The van der Waals surface area contributed by atoms with Gasteiger partial charge in [-0.2, -0.15) is 0 Å². The second kappa shape index (κ2) is 4.35. The first-order valence-corrected chi connectivity index (χ1v) is 6.68. The number of aromatic carboxylic acids is 1. The first kappa shape index (κ1) is 12.7. The zero-order chi connectivity index (χ0) is 14.4. The zero-order valence-corrected chi connectivity index (χ0v) is 11.7. The van der Waals surface area contributed by atoms with Crippen molar-refractivity contribution in [2.75, 3.05) is 7.11 Å². The SMILES string of the molecule is COc1ccc2c3sc(C(=O)O)cc3c(=O)n(C)c2c1. The van der Waals surface area contributed by atoms with E-state index in [9.17, 15) is 9.59 Å². The summed E-state index contributed by atoms with van der Waals surface area (Å²) in [5.41, 5.74) is 0.519. The van der Waals surface area contributed by atoms with Crippen molar-refractivity contribution >= 4 is 38.3 Å². The van der Waals surface area contributed by atoms with Crippen molar-refractivity contribution in [3.8, 4) is 5.75 Å². The lowest BCUT2D eigenvalue weighted by molar-refractivity contribution is 0.0702. The van der Waals surface area contributed by atoms with Gasteiger partial charge in [-0.3, -0.25) is 4.79 Å². The molecule has 0 saturated carbocycles. The normalized spacial score (nSPS) is 11.1. The van der Waals surface area contributed by atoms with E-state index < -0.39 is 5.97 Å². The minimum Gasteiger partial charge on any atom is -0.497 e. The Balaban J connectivity index is 2.52. The third-order valence-electron chi connectivity index (χ3n) is 3.29. The molecule has 0 aliphatic carbocycles. The number of carbonyl (C=O) groups is 1. The molecule has 0 bridgehead atoms. The Bertz CT molecular complexity index is 907. The van der Waals surface area contributed by atoms with Gasteiger partial charge in [0.15, 0.2) is 0 Å². The van der Waals surface area contributed by atoms with Gasteiger partial charge in [-0.05, 0) is 18.2 Å². The molecule has 0 fully saturated rings. The number of benzene rings is 1. The molecule has 6 heteroatoms. The summed E-state index contributed by atoms with van der Waals surface area (Å²) >= 11 is 1.12. The molecular weight excluding hydrogens is 278 g/mol. The van der Waals surface area contributed by atoms with Gasteiger partial charge in [-0.25, -0.2) is 4.79 Å². The minimum atomic E-state index is -1.02. The first-order chi connectivity index (χ1) is 9.52. The highest BCUT2D eigenvalue weighted by Gasteiger charge is 2.15. The Morgan fingerprint density at radius 1 is 1.30 bits per heavy atom. The molecule has 2 aromatic heterocycles. The number of nitrogens with zero attached hydrogens (tertiary/aromatic N) is 1. The molecule has 0 atom stereocenters. The van der Waals surface area contributed by atoms with Gasteiger partial charge in [-0.1, -0.05) is 0 Å². The molecule has 20 heavy (non-hydrogen) atoms. The van der Waals surface area contributed by atoms with Crippen molar-refractivity contribution in [1.29, 1.82) is 0 Å². The smallest absolute Gasteiger partial charge is 0.345 e. The first-order valence-electron chi connectivity index (χ1n) is 5.86. The van der Waals surface area contributed by atoms with Gasteiger partial charge in [0.25, 0.3) is 5.56 Å². The largest absolute Gasteiger partial charge is 0.497 e. The number of methoxy groups -OCH3 is 1. The highest BCUT2D eigenvalue weighted by Crippen LogP contribution is 2.31. The zero-order valence-electron chi connectivity index (χ0n) is 10.8. The molecule has 1 N–H and O–H groups in total. The molecule has 0 spiro atoms. The van der Waals surface area contributed by atoms with E-state index >= 15 is 0 Å². The summed E-state index contributed by atoms with van der Waals surface area (Å²) in [4.78, 5) is 23.6. The van der Waals surface area contributed by atoms with Gasteiger partial charge in [0.05, 0.1) is 22.7 Å². The van der Waals surface area contributed by atoms with Crippen LogP contribution in [0.5, 0.6) is 5.75 Å². The molecule has 0 aliphatic rings. The van der Waals surface area contributed by atoms with Crippen LogP contribution in [0.3, 0.4) is 0 Å². The van der Waals surface area contributed by atoms with E-state index in [1.165, 1.54) is 10.6 Å². The van der Waals surface area contributed by atoms with Crippen LogP contribution in [0.1, 0.15) is 9.67 Å². The number of hydrogen-bond donors (Lipinski definition) is 1. The number of carboxylic acid groups (broad SMARTS) is 1. The van der Waals surface area contributed by atoms with Crippen molar-refractivity contribution in [2.24, 2.45) is 7.05 Å². The number of aromatic nitrogens is 1. The van der Waals surface area contributed by atoms with Gasteiger partial charge >= 0.3 is 5.97 Å². The maximum atomic E-state index is 12.3. The molecule has 102 valence electrons. The number of ether oxygens (including phenoxy) is 1. The van der Waals surface area contributed by atoms with Crippen molar-refractivity contribution in [3.63, 3.8) is 0 Å². The van der Waals surface area contributed by atoms with E-state index in [0.29, 0.717) is 15.8 Å². The average molecular weight is 289 g/mol. The second-order valence-electron chi connectivity index (χ2n) is 4.41. The van der Waals surface area contributed by atoms with Crippen LogP contribution in [0.25, 0.3) is 21.0 Å². The Morgan fingerprint density at radius 2 is 2.05 bits per heavy atom. The van der Waals surface area contributed by atoms with Crippen molar-refractivity contribution in [3.05, 3.63) is 39.5 Å². The van der Waals surface area contributed by atoms with E-state index in [0.717, 1.165) is 22.2 Å². The molecule has 0 amide bonds. The van der Waals surface area contributed by atoms with E-state index in [2.05, 4.69) is 0 Å². The monoisotopic (exact) mass is 289 g/mol. The number of hydrogen-bond acceptors (Lipinski definition) is 4. The topological polar surface area (TPSA) is 68.5 Å². The van der Waals surface area contributed by atoms with Crippen LogP contribution in [0.4, 0.5) is 0 Å². The number of rotatable bonds is 2. The summed E-state index contributed by atoms with van der Waals surface area (Å²) in [7, 11) is 3.23. The molecule has 3 rings (SSSR count). The Morgan fingerprint density at radius 3 is 2.70 bits per heavy atom. The number of aryl methyl sites for hydroxylation is 1. The molecule has 0 aliphatic heterocycles. The van der Waals surface area contributed by atoms with Gasteiger partial charge in [0, 0.05) is 18.5 Å². The Labute approximate surface area is 117 Å². The standard InChI is InChI=1S/C14H11NO4S/c1-15-10-5-7(19-2)3-4-8(10)12-9(13(15)16)6-11(20-12)14(17)18/h3-6H,1-2H3,(H,17,18). The van der Waals surface area contributed by atoms with Crippen LogP contribution in [0, 0.1) is 0 Å². The summed E-state index contributed by atoms with van der Waals surface area (Å²) < 4.78 is 7.38. The second-order valence-corrected chi connectivity index (χ2v) is 5.46. The fourth-order valence-corrected chi connectivity index (χ4v) is 3.28. The fraction of sp³-hybridized carbons (Fsp3) is 0.143. The number of fused-ring (bicyclic) bond motifs is 3. The summed E-state index contributed by atoms with van der Waals surface area (Å²) in [6.45, 7) is 0. The van der Waals surface area contributed by atoms with Crippen LogP contribution in [0.2, 0.25) is 0 Å². The average Bonchev–Trinajstić information content (AvgIpc) is 2.89. The van der Waals surface area contributed by atoms with Crippen LogP contribution in [-0.2, 0) is 7.05 Å². The third kappa shape index (κ3) is 1.69. The van der Waals surface area contributed by atoms with Crippen molar-refractivity contribution < 1.29 is 14.6 Å². The molecule has 0 radical (unpaired) electrons. The predicted molar refractivity (Wildman–Crippen MR) is 78.1 cm³/mol. The lowest BCUT2D eigenvalue weighted by Gasteiger charge is -2.08.